The number of carbonyl (C=O) groups excluding carboxylic acids is 4. The number of rotatable bonds is 7. The Labute approximate surface area is 245 Å². The lowest BCUT2D eigenvalue weighted by molar-refractivity contribution is -0.136. The summed E-state index contributed by atoms with van der Waals surface area (Å²) in [5, 5.41) is 8.96. The average Bonchev–Trinajstić information content (AvgIpc) is 2.95. The third-order valence-corrected chi connectivity index (χ3v) is 6.28. The summed E-state index contributed by atoms with van der Waals surface area (Å²) in [5.41, 5.74) is 4.03. The van der Waals surface area contributed by atoms with Gasteiger partial charge >= 0.3 is 17.8 Å². The minimum Gasteiger partial charge on any atom is -0.423 e. The smallest absolute Gasteiger partial charge is 0.343 e. The molecule has 0 fully saturated rings. The number of nitrogens with one attached hydrogen (secondary N) is 3. The number of hydrogen-bond donors (Lipinski definition) is 3. The first-order chi connectivity index (χ1) is 19.3. The number of benzene rings is 4. The lowest BCUT2D eigenvalue weighted by Crippen LogP contribution is -2.33. The number of hydrazone groups is 1. The summed E-state index contributed by atoms with van der Waals surface area (Å²) in [6, 6.07) is 26.5. The van der Waals surface area contributed by atoms with Crippen LogP contribution in [0.5, 0.6) is 5.75 Å². The Morgan fingerprint density at radius 2 is 1.45 bits per heavy atom. The highest BCUT2D eigenvalue weighted by molar-refractivity contribution is 9.10. The average molecular weight is 664 g/mol. The fourth-order valence-electron chi connectivity index (χ4n) is 3.32. The van der Waals surface area contributed by atoms with Gasteiger partial charge in [-0.05, 0) is 84.4 Å². The third-order valence-electron chi connectivity index (χ3n) is 5.26. The summed E-state index contributed by atoms with van der Waals surface area (Å²) in [6.45, 7) is 0. The molecule has 0 spiro atoms. The Morgan fingerprint density at radius 3 is 2.17 bits per heavy atom. The van der Waals surface area contributed by atoms with Gasteiger partial charge in [-0.1, -0.05) is 50.1 Å². The van der Waals surface area contributed by atoms with Gasteiger partial charge in [0.15, 0.2) is 0 Å². The van der Waals surface area contributed by atoms with Crippen LogP contribution in [-0.4, -0.2) is 29.9 Å². The molecule has 40 heavy (non-hydrogen) atoms. The van der Waals surface area contributed by atoms with Gasteiger partial charge in [-0.15, -0.1) is 0 Å². The molecule has 0 saturated heterocycles. The fraction of sp³-hybridized carbons (Fsp3) is 0. The zero-order chi connectivity index (χ0) is 28.5. The van der Waals surface area contributed by atoms with Crippen molar-refractivity contribution < 1.29 is 23.9 Å². The third kappa shape index (κ3) is 7.95. The van der Waals surface area contributed by atoms with Gasteiger partial charge in [0.2, 0.25) is 0 Å². The molecule has 4 rings (SSSR count). The predicted molar refractivity (Wildman–Crippen MR) is 158 cm³/mol. The molecule has 3 N–H and O–H groups in total. The van der Waals surface area contributed by atoms with Crippen molar-refractivity contribution in [3.05, 3.63) is 123 Å². The van der Waals surface area contributed by atoms with E-state index in [1.807, 2.05) is 0 Å². The number of halogens is 2. The summed E-state index contributed by atoms with van der Waals surface area (Å²) >= 11 is 6.65. The molecule has 9 nitrogen and oxygen atoms in total. The first kappa shape index (κ1) is 28.4. The summed E-state index contributed by atoms with van der Waals surface area (Å²) in [5.74, 6) is -2.67. The molecule has 0 aliphatic heterocycles. The van der Waals surface area contributed by atoms with Crippen LogP contribution in [0.15, 0.2) is 111 Å². The van der Waals surface area contributed by atoms with E-state index in [0.717, 1.165) is 8.95 Å². The largest absolute Gasteiger partial charge is 0.423 e. The van der Waals surface area contributed by atoms with Crippen LogP contribution in [0.1, 0.15) is 26.3 Å². The Balaban J connectivity index is 1.30. The second kappa shape index (κ2) is 13.5. The zero-order valence-electron chi connectivity index (χ0n) is 20.6. The van der Waals surface area contributed by atoms with Gasteiger partial charge in [0.1, 0.15) is 5.75 Å². The van der Waals surface area contributed by atoms with Crippen molar-refractivity contribution in [2.75, 3.05) is 10.6 Å². The summed E-state index contributed by atoms with van der Waals surface area (Å²) < 4.78 is 6.97. The summed E-state index contributed by atoms with van der Waals surface area (Å²) in [6.07, 6.45) is 1.32. The van der Waals surface area contributed by atoms with Crippen LogP contribution < -0.4 is 20.8 Å². The molecule has 200 valence electrons. The van der Waals surface area contributed by atoms with Crippen LogP contribution in [0.2, 0.25) is 0 Å². The number of anilines is 2. The number of amides is 3. The summed E-state index contributed by atoms with van der Waals surface area (Å²) in [7, 11) is 0. The Bertz CT molecular complexity index is 1590. The van der Waals surface area contributed by atoms with Gasteiger partial charge in [-0.25, -0.2) is 10.2 Å². The van der Waals surface area contributed by atoms with Crippen LogP contribution >= 0.6 is 31.9 Å². The molecule has 4 aromatic rings. The quantitative estimate of drug-likeness (QED) is 0.0761. The Hall–Kier alpha value is -4.61. The van der Waals surface area contributed by atoms with Gasteiger partial charge in [0.25, 0.3) is 5.91 Å². The zero-order valence-corrected chi connectivity index (χ0v) is 23.7. The molecule has 0 unspecified atom stereocenters. The maximum Gasteiger partial charge on any atom is 0.343 e. The molecule has 0 saturated carbocycles. The molecule has 0 aromatic heterocycles. The van der Waals surface area contributed by atoms with Crippen LogP contribution in [0, 0.1) is 0 Å². The molecule has 0 aliphatic carbocycles. The molecule has 0 atom stereocenters. The predicted octanol–water partition coefficient (Wildman–Crippen LogP) is 5.77. The van der Waals surface area contributed by atoms with E-state index in [2.05, 4.69) is 53.0 Å². The van der Waals surface area contributed by atoms with E-state index in [1.54, 1.807) is 84.9 Å². The van der Waals surface area contributed by atoms with Gasteiger partial charge in [-0.3, -0.25) is 14.4 Å². The van der Waals surface area contributed by atoms with Crippen molar-refractivity contribution in [3.8, 4) is 5.75 Å². The van der Waals surface area contributed by atoms with Crippen molar-refractivity contribution in [3.63, 3.8) is 0 Å². The monoisotopic (exact) mass is 662 g/mol. The standard InChI is InChI=1S/C29H20Br2N4O5/c30-20-10-12-22(13-11-20)33-26(36)24-6-1-2-7-25(24)34-27(37)28(38)35-32-17-18-8-14-23(15-9-18)40-29(39)19-4-3-5-21(31)16-19/h1-17H,(H,33,36)(H,34,37)(H,35,38)/b32-17+. The van der Waals surface area contributed by atoms with Crippen molar-refractivity contribution in [2.24, 2.45) is 5.10 Å². The van der Waals surface area contributed by atoms with Crippen molar-refractivity contribution in [1.29, 1.82) is 0 Å². The highest BCUT2D eigenvalue weighted by atomic mass is 79.9. The molecular formula is C29H20Br2N4O5. The van der Waals surface area contributed by atoms with E-state index in [0.29, 0.717) is 22.6 Å². The van der Waals surface area contributed by atoms with Crippen LogP contribution in [0.3, 0.4) is 0 Å². The molecule has 0 radical (unpaired) electrons. The van der Waals surface area contributed by atoms with E-state index < -0.39 is 23.7 Å². The second-order valence-corrected chi connectivity index (χ2v) is 9.96. The highest BCUT2D eigenvalue weighted by Gasteiger charge is 2.18. The van der Waals surface area contributed by atoms with Crippen LogP contribution in [0.25, 0.3) is 0 Å². The van der Waals surface area contributed by atoms with E-state index >= 15 is 0 Å². The van der Waals surface area contributed by atoms with Gasteiger partial charge < -0.3 is 15.4 Å². The summed E-state index contributed by atoms with van der Waals surface area (Å²) in [4.78, 5) is 49.7. The topological polar surface area (TPSA) is 126 Å². The van der Waals surface area contributed by atoms with E-state index in [9.17, 15) is 19.2 Å². The number of hydrogen-bond acceptors (Lipinski definition) is 6. The van der Waals surface area contributed by atoms with Crippen LogP contribution in [-0.2, 0) is 9.59 Å². The number of carbonyl (C=O) groups is 4. The first-order valence-electron chi connectivity index (χ1n) is 11.7. The SMILES string of the molecule is O=C(N/N=C/c1ccc(OC(=O)c2cccc(Br)c2)cc1)C(=O)Nc1ccccc1C(=O)Nc1ccc(Br)cc1. The fourth-order valence-corrected chi connectivity index (χ4v) is 3.98. The minimum absolute atomic E-state index is 0.161. The van der Waals surface area contributed by atoms with Gasteiger partial charge in [0, 0.05) is 14.6 Å². The lowest BCUT2D eigenvalue weighted by Gasteiger charge is -2.11. The Morgan fingerprint density at radius 1 is 0.725 bits per heavy atom. The second-order valence-electron chi connectivity index (χ2n) is 8.13. The van der Waals surface area contributed by atoms with E-state index in [-0.39, 0.29) is 11.3 Å². The lowest BCUT2D eigenvalue weighted by atomic mass is 10.1. The first-order valence-corrected chi connectivity index (χ1v) is 13.3. The van der Waals surface area contributed by atoms with Crippen molar-refractivity contribution in [2.45, 2.75) is 0 Å². The minimum atomic E-state index is -1.03. The van der Waals surface area contributed by atoms with Gasteiger partial charge in [-0.2, -0.15) is 5.10 Å². The molecule has 3 amide bonds. The number of ether oxygens (including phenoxy) is 1. The number of esters is 1. The molecule has 0 heterocycles. The highest BCUT2D eigenvalue weighted by Crippen LogP contribution is 2.20. The van der Waals surface area contributed by atoms with Crippen molar-refractivity contribution in [1.82, 2.24) is 5.43 Å². The van der Waals surface area contributed by atoms with E-state index in [4.69, 9.17) is 4.74 Å². The maximum absolute atomic E-state index is 12.7. The van der Waals surface area contributed by atoms with Gasteiger partial charge in [0.05, 0.1) is 23.0 Å². The normalized spacial score (nSPS) is 10.6. The number of para-hydroxylation sites is 1. The molecule has 0 aliphatic rings. The molecule has 11 heteroatoms. The van der Waals surface area contributed by atoms with Crippen molar-refractivity contribution >= 4 is 73.1 Å². The van der Waals surface area contributed by atoms with E-state index in [1.165, 1.54) is 18.3 Å². The maximum atomic E-state index is 12.7. The molecule has 4 aromatic carbocycles. The number of nitrogens with zero attached hydrogens (tertiary/aromatic N) is 1. The Kier molecular flexibility index (Phi) is 9.55. The molecular weight excluding hydrogens is 644 g/mol. The molecule has 0 bridgehead atoms. The van der Waals surface area contributed by atoms with Crippen LogP contribution in [0.4, 0.5) is 11.4 Å².